The third kappa shape index (κ3) is 4.42. The van der Waals surface area contributed by atoms with Crippen molar-refractivity contribution in [1.82, 2.24) is 0 Å². The van der Waals surface area contributed by atoms with Crippen LogP contribution in [0.3, 0.4) is 0 Å². The molecule has 228 valence electrons. The second-order valence-corrected chi connectivity index (χ2v) is 6.53. The van der Waals surface area contributed by atoms with Gasteiger partial charge in [-0.1, -0.05) is 0 Å². The monoisotopic (exact) mass is 630 g/mol. The van der Waals surface area contributed by atoms with Gasteiger partial charge in [0.15, 0.2) is 0 Å². The number of hydrogen-bond donors (Lipinski definition) is 1. The van der Waals surface area contributed by atoms with Crippen LogP contribution >= 0.6 is 0 Å². The zero-order valence-corrected chi connectivity index (χ0v) is 16.0. The summed E-state index contributed by atoms with van der Waals surface area (Å²) >= 11 is 0. The van der Waals surface area contributed by atoms with Gasteiger partial charge in [-0.15, -0.1) is 0 Å². The van der Waals surface area contributed by atoms with Crippen molar-refractivity contribution >= 4 is 5.97 Å². The molecule has 0 aliphatic carbocycles. The molecule has 0 atom stereocenters. The predicted molar refractivity (Wildman–Crippen MR) is 64.2 cm³/mol. The fraction of sp³-hybridized carbons (Fsp3) is 0.917. The third-order valence-corrected chi connectivity index (χ3v) is 3.99. The molecule has 0 saturated carbocycles. The summed E-state index contributed by atoms with van der Waals surface area (Å²) in [5.74, 6) is -77.4. The lowest BCUT2D eigenvalue weighted by molar-refractivity contribution is -0.496. The van der Waals surface area contributed by atoms with Gasteiger partial charge in [0, 0.05) is 0 Å². The smallest absolute Gasteiger partial charge is 0.460 e. The van der Waals surface area contributed by atoms with E-state index in [1.54, 1.807) is 0 Å². The van der Waals surface area contributed by atoms with Crippen LogP contribution in [0.5, 0.6) is 0 Å². The first-order valence-electron chi connectivity index (χ1n) is 7.68. The number of carboxylic acid groups (broad SMARTS) is 1. The molecule has 3 nitrogen and oxygen atoms in total. The van der Waals surface area contributed by atoms with Gasteiger partial charge < -0.3 is 5.11 Å². The van der Waals surface area contributed by atoms with Crippen LogP contribution in [0.2, 0.25) is 0 Å². The van der Waals surface area contributed by atoms with Crippen LogP contribution in [0.25, 0.3) is 0 Å². The second-order valence-electron chi connectivity index (χ2n) is 6.53. The van der Waals surface area contributed by atoms with Crippen LogP contribution in [0.4, 0.5) is 101 Å². The van der Waals surface area contributed by atoms with Crippen LogP contribution in [0, 0.1) is 0 Å². The Morgan fingerprint density at radius 1 is 0.395 bits per heavy atom. The molecule has 0 unspecified atom stereocenters. The van der Waals surface area contributed by atoms with Crippen molar-refractivity contribution in [3.63, 3.8) is 0 Å². The minimum atomic E-state index is -9.47. The average Bonchev–Trinajstić information content (AvgIpc) is 2.64. The zero-order valence-electron chi connectivity index (χ0n) is 16.0. The zero-order chi connectivity index (χ0) is 31.8. The van der Waals surface area contributed by atoms with Crippen molar-refractivity contribution < 1.29 is 116 Å². The molecule has 0 aliphatic heterocycles. The van der Waals surface area contributed by atoms with Crippen LogP contribution < -0.4 is 0 Å². The Kier molecular flexibility index (Phi) is 8.16. The summed E-state index contributed by atoms with van der Waals surface area (Å²) in [4.78, 5) is 9.82. The summed E-state index contributed by atoms with van der Waals surface area (Å²) in [6.45, 7) is 0. The molecule has 38 heavy (non-hydrogen) atoms. The summed E-state index contributed by atoms with van der Waals surface area (Å²) < 4.78 is 299. The molecule has 0 amide bonds. The Morgan fingerprint density at radius 2 is 0.605 bits per heavy atom. The summed E-state index contributed by atoms with van der Waals surface area (Å²) in [6.07, 6.45) is -23.1. The normalized spacial score (nSPS) is 16.6. The van der Waals surface area contributed by atoms with Gasteiger partial charge in [0.1, 0.15) is 0 Å². The highest BCUT2D eigenvalue weighted by molar-refractivity contribution is 5.73. The molecule has 0 aromatic heterocycles. The number of carboxylic acids is 1. The van der Waals surface area contributed by atoms with Crippen molar-refractivity contribution in [3.8, 4) is 0 Å². The molecular weight excluding hydrogens is 629 g/mol. The van der Waals surface area contributed by atoms with E-state index in [2.05, 4.69) is 0 Å². The highest BCUT2D eigenvalue weighted by Crippen LogP contribution is 2.66. The second kappa shape index (κ2) is 8.66. The summed E-state index contributed by atoms with van der Waals surface area (Å²) in [5.41, 5.74) is 0. The molecule has 0 bridgehead atoms. The van der Waals surface area contributed by atoms with Crippen molar-refractivity contribution in [2.45, 2.75) is 65.8 Å². The average molecular weight is 630 g/mol. The predicted octanol–water partition coefficient (Wildman–Crippen LogP) is 6.92. The maximum atomic E-state index is 13.4. The number of hydrogen-bond acceptors (Lipinski definition) is 2. The number of halogens is 23. The van der Waals surface area contributed by atoms with E-state index in [0.29, 0.717) is 0 Å². The molecule has 0 rings (SSSR count). The molecule has 1 N–H and O–H groups in total. The highest BCUT2D eigenvalue weighted by Gasteiger charge is 2.98. The Morgan fingerprint density at radius 3 is 0.816 bits per heavy atom. The van der Waals surface area contributed by atoms with Crippen LogP contribution in [0.15, 0.2) is 0 Å². The SMILES string of the molecule is O=C(O)C(F)(F)OC(F)(F)C(F)(F)C(F)(F)C(F)(F)C(F)(F)C(F)(F)C(F)(F)C(F)(F)C(F)(F)C(F)(F)F. The molecular formula is C12HF23O3. The minimum absolute atomic E-state index is 1.28. The molecule has 0 fully saturated rings. The first kappa shape index (κ1) is 35.8. The van der Waals surface area contributed by atoms with Crippen molar-refractivity contribution in [2.24, 2.45) is 0 Å². The number of ether oxygens (including phenoxy) is 1. The molecule has 0 radical (unpaired) electrons. The molecule has 0 saturated heterocycles. The Labute approximate surface area is 189 Å². The minimum Gasteiger partial charge on any atom is -0.475 e. The first-order chi connectivity index (χ1) is 15.9. The van der Waals surface area contributed by atoms with Crippen molar-refractivity contribution in [3.05, 3.63) is 0 Å². The molecule has 0 aromatic rings. The highest BCUT2D eigenvalue weighted by atomic mass is 19.4. The van der Waals surface area contributed by atoms with Gasteiger partial charge in [0.2, 0.25) is 0 Å². The summed E-state index contributed by atoms with van der Waals surface area (Å²) in [6, 6.07) is 0. The lowest BCUT2D eigenvalue weighted by Crippen LogP contribution is -2.77. The maximum absolute atomic E-state index is 13.4. The van der Waals surface area contributed by atoms with E-state index in [1.165, 1.54) is 4.74 Å². The number of rotatable bonds is 11. The fourth-order valence-corrected chi connectivity index (χ4v) is 1.81. The van der Waals surface area contributed by atoms with Crippen LogP contribution in [-0.4, -0.2) is 76.8 Å². The van der Waals surface area contributed by atoms with Crippen molar-refractivity contribution in [2.75, 3.05) is 0 Å². The van der Waals surface area contributed by atoms with E-state index in [4.69, 9.17) is 5.11 Å². The van der Waals surface area contributed by atoms with Gasteiger partial charge in [-0.3, -0.25) is 0 Å². The van der Waals surface area contributed by atoms with Crippen molar-refractivity contribution in [1.29, 1.82) is 0 Å². The largest absolute Gasteiger partial charge is 0.475 e. The van der Waals surface area contributed by atoms with Gasteiger partial charge in [-0.2, -0.15) is 101 Å². The Hall–Kier alpha value is -2.18. The van der Waals surface area contributed by atoms with Gasteiger partial charge in [-0.05, 0) is 0 Å². The summed E-state index contributed by atoms with van der Waals surface area (Å²) in [7, 11) is 0. The van der Waals surface area contributed by atoms with Crippen LogP contribution in [0.1, 0.15) is 0 Å². The van der Waals surface area contributed by atoms with E-state index >= 15 is 0 Å². The van der Waals surface area contributed by atoms with Crippen LogP contribution in [-0.2, 0) is 9.53 Å². The van der Waals surface area contributed by atoms with Gasteiger partial charge in [0.05, 0.1) is 0 Å². The van der Waals surface area contributed by atoms with Gasteiger partial charge >= 0.3 is 71.7 Å². The van der Waals surface area contributed by atoms with Gasteiger partial charge in [0.25, 0.3) is 0 Å². The molecule has 26 heteroatoms. The fourth-order valence-electron chi connectivity index (χ4n) is 1.81. The first-order valence-corrected chi connectivity index (χ1v) is 7.68. The Balaban J connectivity index is 7.10. The molecule has 0 aliphatic rings. The maximum Gasteiger partial charge on any atom is 0.460 e. The standard InChI is InChI=1S/C12HF23O3/c13-2(14,1(36)37)38-12(34,35)10(29,30)8(25,26)6(21,22)4(17,18)3(15,16)5(19,20)7(23,24)9(27,28)11(31,32)33/h(H,36,37). The molecule has 0 heterocycles. The number of alkyl halides is 23. The van der Waals surface area contributed by atoms with E-state index < -0.39 is 71.7 Å². The lowest BCUT2D eigenvalue weighted by Gasteiger charge is -2.44. The summed E-state index contributed by atoms with van der Waals surface area (Å²) in [5, 5.41) is 7.65. The van der Waals surface area contributed by atoms with E-state index in [0.717, 1.165) is 0 Å². The van der Waals surface area contributed by atoms with E-state index in [-0.39, 0.29) is 0 Å². The third-order valence-electron chi connectivity index (χ3n) is 3.99. The Bertz CT molecular complexity index is 898. The van der Waals surface area contributed by atoms with Gasteiger partial charge in [-0.25, -0.2) is 9.53 Å². The number of aliphatic carboxylic acids is 1. The lowest BCUT2D eigenvalue weighted by atomic mass is 9.87. The van der Waals surface area contributed by atoms with E-state index in [1.807, 2.05) is 0 Å². The quantitative estimate of drug-likeness (QED) is 0.253. The topological polar surface area (TPSA) is 46.5 Å². The molecule has 0 aromatic carbocycles. The number of carbonyl (C=O) groups is 1. The molecule has 0 spiro atoms. The van der Waals surface area contributed by atoms with E-state index in [9.17, 15) is 106 Å².